The SMILES string of the molecule is CCC[NH+](CCC)CCc1c[nH]c2cccc(OC(=O)c3ccc(C(F)(F)F)cc3)c12.[Cl-]. The Bertz CT molecular complexity index is 1010. The lowest BCUT2D eigenvalue weighted by Gasteiger charge is -2.18. The number of benzene rings is 2. The number of carbonyl (C=O) groups excluding carboxylic acids is 1. The highest BCUT2D eigenvalue weighted by atomic mass is 35.5. The van der Waals surface area contributed by atoms with Gasteiger partial charge < -0.3 is 27.0 Å². The average Bonchev–Trinajstić information content (AvgIpc) is 3.16. The van der Waals surface area contributed by atoms with Gasteiger partial charge in [-0.2, -0.15) is 13.2 Å². The molecule has 0 fully saturated rings. The summed E-state index contributed by atoms with van der Waals surface area (Å²) in [6.45, 7) is 7.58. The Kier molecular flexibility index (Phi) is 9.16. The third-order valence-electron chi connectivity index (χ3n) is 5.35. The first-order valence-electron chi connectivity index (χ1n) is 10.7. The molecular formula is C24H28ClF3N2O2. The standard InChI is InChI=1S/C24H27F3N2O2.ClH/c1-3-13-29(14-4-2)15-12-18-16-28-20-6-5-7-21(22(18)20)31-23(30)17-8-10-19(11-9-17)24(25,26)27;/h5-11,16,28H,3-4,12-15H2,1-2H3;1H. The maximum atomic E-state index is 12.8. The van der Waals surface area contributed by atoms with E-state index in [0.717, 1.165) is 79.6 Å². The Morgan fingerprint density at radius 3 is 2.25 bits per heavy atom. The number of quaternary nitrogens is 1. The van der Waals surface area contributed by atoms with Crippen molar-refractivity contribution in [1.29, 1.82) is 0 Å². The number of rotatable bonds is 9. The molecule has 0 bridgehead atoms. The van der Waals surface area contributed by atoms with Gasteiger partial charge in [-0.15, -0.1) is 0 Å². The number of nitrogens with one attached hydrogen (secondary N) is 2. The minimum Gasteiger partial charge on any atom is -1.00 e. The van der Waals surface area contributed by atoms with Gasteiger partial charge in [-0.25, -0.2) is 4.79 Å². The van der Waals surface area contributed by atoms with Crippen molar-refractivity contribution in [2.75, 3.05) is 19.6 Å². The van der Waals surface area contributed by atoms with Crippen LogP contribution in [0.1, 0.15) is 48.2 Å². The molecule has 0 atom stereocenters. The van der Waals surface area contributed by atoms with Gasteiger partial charge in [-0.1, -0.05) is 19.9 Å². The summed E-state index contributed by atoms with van der Waals surface area (Å²) in [6.07, 6.45) is 0.581. The summed E-state index contributed by atoms with van der Waals surface area (Å²) in [5, 5.41) is 0.843. The second-order valence-electron chi connectivity index (χ2n) is 7.71. The molecule has 0 radical (unpaired) electrons. The minimum absolute atomic E-state index is 0. The van der Waals surface area contributed by atoms with E-state index in [2.05, 4.69) is 18.8 Å². The van der Waals surface area contributed by atoms with Crippen LogP contribution in [0.2, 0.25) is 0 Å². The van der Waals surface area contributed by atoms with Crippen LogP contribution in [0.4, 0.5) is 13.2 Å². The highest BCUT2D eigenvalue weighted by Crippen LogP contribution is 2.31. The average molecular weight is 469 g/mol. The fourth-order valence-corrected chi connectivity index (χ4v) is 3.85. The topological polar surface area (TPSA) is 46.5 Å². The second-order valence-corrected chi connectivity index (χ2v) is 7.71. The van der Waals surface area contributed by atoms with Gasteiger partial charge in [-0.05, 0) is 54.8 Å². The lowest BCUT2D eigenvalue weighted by Crippen LogP contribution is -3.12. The van der Waals surface area contributed by atoms with Gasteiger partial charge in [0.05, 0.1) is 30.8 Å². The number of hydrogen-bond acceptors (Lipinski definition) is 2. The van der Waals surface area contributed by atoms with Crippen LogP contribution in [0.25, 0.3) is 10.9 Å². The molecule has 0 aliphatic carbocycles. The molecule has 0 aliphatic rings. The number of fused-ring (bicyclic) bond motifs is 1. The van der Waals surface area contributed by atoms with Crippen LogP contribution in [0.5, 0.6) is 5.75 Å². The minimum atomic E-state index is -4.44. The summed E-state index contributed by atoms with van der Waals surface area (Å²) < 4.78 is 43.9. The third-order valence-corrected chi connectivity index (χ3v) is 5.35. The number of ether oxygens (including phenoxy) is 1. The van der Waals surface area contributed by atoms with Gasteiger partial charge in [0.1, 0.15) is 5.75 Å². The molecule has 2 aromatic carbocycles. The van der Waals surface area contributed by atoms with Crippen molar-refractivity contribution in [3.8, 4) is 5.75 Å². The normalized spacial score (nSPS) is 11.6. The van der Waals surface area contributed by atoms with Gasteiger partial charge in [0.15, 0.2) is 0 Å². The quantitative estimate of drug-likeness (QED) is 0.370. The van der Waals surface area contributed by atoms with Crippen molar-refractivity contribution in [2.45, 2.75) is 39.3 Å². The molecule has 0 amide bonds. The molecule has 174 valence electrons. The molecule has 8 heteroatoms. The van der Waals surface area contributed by atoms with Crippen LogP contribution in [-0.4, -0.2) is 30.6 Å². The van der Waals surface area contributed by atoms with Gasteiger partial charge in [0.2, 0.25) is 0 Å². The molecule has 32 heavy (non-hydrogen) atoms. The number of halogens is 4. The Morgan fingerprint density at radius 2 is 1.66 bits per heavy atom. The maximum Gasteiger partial charge on any atom is 0.416 e. The number of hydrogen-bond donors (Lipinski definition) is 2. The molecule has 0 unspecified atom stereocenters. The molecular weight excluding hydrogens is 441 g/mol. The zero-order chi connectivity index (χ0) is 22.4. The van der Waals surface area contributed by atoms with Gasteiger partial charge >= 0.3 is 12.1 Å². The molecule has 3 rings (SSSR count). The highest BCUT2D eigenvalue weighted by molar-refractivity contribution is 5.96. The molecule has 3 aromatic rings. The maximum absolute atomic E-state index is 12.8. The largest absolute Gasteiger partial charge is 1.00 e. The fourth-order valence-electron chi connectivity index (χ4n) is 3.85. The second kappa shape index (κ2) is 11.4. The first-order valence-corrected chi connectivity index (χ1v) is 10.7. The summed E-state index contributed by atoms with van der Waals surface area (Å²) in [6, 6.07) is 9.46. The van der Waals surface area contributed by atoms with Crippen LogP contribution < -0.4 is 22.0 Å². The van der Waals surface area contributed by atoms with E-state index in [1.165, 1.54) is 0 Å². The predicted octanol–water partition coefficient (Wildman–Crippen LogP) is 1.66. The molecule has 1 aromatic heterocycles. The smallest absolute Gasteiger partial charge is 0.416 e. The number of alkyl halides is 3. The number of aromatic nitrogens is 1. The van der Waals surface area contributed by atoms with Gasteiger partial charge in [0, 0.05) is 23.5 Å². The van der Waals surface area contributed by atoms with Gasteiger partial charge in [0.25, 0.3) is 0 Å². The Hall–Kier alpha value is -2.51. The highest BCUT2D eigenvalue weighted by Gasteiger charge is 2.30. The Labute approximate surface area is 192 Å². The zero-order valence-electron chi connectivity index (χ0n) is 18.2. The van der Waals surface area contributed by atoms with Crippen LogP contribution >= 0.6 is 0 Å². The molecule has 1 heterocycles. The molecule has 4 nitrogen and oxygen atoms in total. The van der Waals surface area contributed by atoms with Crippen LogP contribution in [0.15, 0.2) is 48.7 Å². The summed E-state index contributed by atoms with van der Waals surface area (Å²) in [7, 11) is 0. The fraction of sp³-hybridized carbons (Fsp3) is 0.375. The predicted molar refractivity (Wildman–Crippen MR) is 115 cm³/mol. The Morgan fingerprint density at radius 1 is 1.00 bits per heavy atom. The number of aromatic amines is 1. The van der Waals surface area contributed by atoms with Crippen molar-refractivity contribution >= 4 is 16.9 Å². The molecule has 0 aliphatic heterocycles. The number of esters is 1. The van der Waals surface area contributed by atoms with E-state index in [4.69, 9.17) is 4.74 Å². The van der Waals surface area contributed by atoms with Crippen molar-refractivity contribution in [3.63, 3.8) is 0 Å². The molecule has 2 N–H and O–H groups in total. The van der Waals surface area contributed by atoms with E-state index in [1.807, 2.05) is 12.3 Å². The summed E-state index contributed by atoms with van der Waals surface area (Å²) in [5.41, 5.74) is 1.20. The van der Waals surface area contributed by atoms with Crippen molar-refractivity contribution < 1.29 is 40.0 Å². The summed E-state index contributed by atoms with van der Waals surface area (Å²) >= 11 is 0. The van der Waals surface area contributed by atoms with Crippen LogP contribution in [0, 0.1) is 0 Å². The lowest BCUT2D eigenvalue weighted by molar-refractivity contribution is -0.900. The molecule has 0 spiro atoms. The molecule has 0 saturated heterocycles. The Balaban J connectivity index is 0.00000363. The summed E-state index contributed by atoms with van der Waals surface area (Å²) in [5.74, 6) is -0.274. The van der Waals surface area contributed by atoms with E-state index in [1.54, 1.807) is 17.0 Å². The van der Waals surface area contributed by atoms with Gasteiger partial charge in [-0.3, -0.25) is 0 Å². The molecule has 0 saturated carbocycles. The number of H-pyrrole nitrogens is 1. The van der Waals surface area contributed by atoms with Crippen molar-refractivity contribution in [1.82, 2.24) is 4.98 Å². The summed E-state index contributed by atoms with van der Waals surface area (Å²) in [4.78, 5) is 17.3. The third kappa shape index (κ3) is 6.26. The van der Waals surface area contributed by atoms with Crippen LogP contribution in [0.3, 0.4) is 0 Å². The monoisotopic (exact) mass is 468 g/mol. The van der Waals surface area contributed by atoms with E-state index in [-0.39, 0.29) is 18.0 Å². The van der Waals surface area contributed by atoms with E-state index in [0.29, 0.717) is 5.75 Å². The lowest BCUT2D eigenvalue weighted by atomic mass is 10.1. The van der Waals surface area contributed by atoms with E-state index in [9.17, 15) is 18.0 Å². The van der Waals surface area contributed by atoms with E-state index >= 15 is 0 Å². The number of carbonyl (C=O) groups is 1. The van der Waals surface area contributed by atoms with Crippen molar-refractivity contribution in [2.24, 2.45) is 0 Å². The van der Waals surface area contributed by atoms with Crippen molar-refractivity contribution in [3.05, 3.63) is 65.4 Å². The van der Waals surface area contributed by atoms with E-state index < -0.39 is 17.7 Å². The first-order chi connectivity index (χ1) is 14.8. The zero-order valence-corrected chi connectivity index (χ0v) is 18.9. The first kappa shape index (κ1) is 25.7. The van der Waals surface area contributed by atoms with Crippen LogP contribution in [-0.2, 0) is 12.6 Å².